The van der Waals surface area contributed by atoms with Gasteiger partial charge >= 0.3 is 5.97 Å². The first-order valence-corrected chi connectivity index (χ1v) is 5.69. The Bertz CT molecular complexity index is 421. The van der Waals surface area contributed by atoms with Crippen LogP contribution in [0.5, 0.6) is 0 Å². The van der Waals surface area contributed by atoms with Gasteiger partial charge in [0.05, 0.1) is 12.0 Å². The number of nitrogens with two attached hydrogens (primary N) is 1. The maximum Gasteiger partial charge on any atom is 0.349 e. The van der Waals surface area contributed by atoms with Gasteiger partial charge in [-0.3, -0.25) is 0 Å². The van der Waals surface area contributed by atoms with E-state index in [1.165, 1.54) is 13.2 Å². The average Bonchev–Trinajstić information content (AvgIpc) is 2.49. The fourth-order valence-electron chi connectivity index (χ4n) is 0.778. The Kier molecular flexibility index (Phi) is 2.69. The Morgan fingerprint density at radius 2 is 2.38 bits per heavy atom. The molecule has 0 saturated carbocycles. The van der Waals surface area contributed by atoms with Gasteiger partial charge in [0.25, 0.3) is 0 Å². The van der Waals surface area contributed by atoms with Crippen LogP contribution in [0.15, 0.2) is 16.3 Å². The summed E-state index contributed by atoms with van der Waals surface area (Å²) in [5.74, 6) is -0.615. The van der Waals surface area contributed by atoms with E-state index in [4.69, 9.17) is 9.92 Å². The largest absolute Gasteiger partial charge is 0.465 e. The lowest BCUT2D eigenvalue weighted by Crippen LogP contribution is -2.13. The van der Waals surface area contributed by atoms with Crippen molar-refractivity contribution in [2.24, 2.45) is 5.14 Å². The third kappa shape index (κ3) is 2.06. The van der Waals surface area contributed by atoms with Crippen molar-refractivity contribution in [3.05, 3.63) is 16.3 Å². The van der Waals surface area contributed by atoms with E-state index >= 15 is 0 Å². The van der Waals surface area contributed by atoms with Crippen molar-refractivity contribution < 1.29 is 13.7 Å². The van der Waals surface area contributed by atoms with Crippen molar-refractivity contribution in [2.45, 2.75) is 4.90 Å². The van der Waals surface area contributed by atoms with Crippen LogP contribution in [0.1, 0.15) is 9.67 Å². The molecule has 72 valence electrons. The van der Waals surface area contributed by atoms with Gasteiger partial charge in [0.15, 0.2) is 0 Å². The number of rotatable bonds is 2. The summed E-state index contributed by atoms with van der Waals surface area (Å²) in [7, 11) is -2.12. The summed E-state index contributed by atoms with van der Waals surface area (Å²) in [6.07, 6.45) is 0. The third-order valence-corrected chi connectivity index (χ3v) is 3.34. The minimum atomic E-state index is -3.34. The number of hydrogen-bond donors (Lipinski definition) is 2. The zero-order valence-corrected chi connectivity index (χ0v) is 8.41. The average molecular weight is 220 g/mol. The molecule has 1 rings (SSSR count). The van der Waals surface area contributed by atoms with Crippen LogP contribution < -0.4 is 5.14 Å². The number of carbonyl (C=O) groups excluding carboxylic acids is 1. The SMILES string of the molecule is COC(=O)c1sccc1S(=N)(N)=O. The molecule has 0 aromatic carbocycles. The highest BCUT2D eigenvalue weighted by Crippen LogP contribution is 2.21. The molecule has 0 aliphatic heterocycles. The van der Waals surface area contributed by atoms with Crippen molar-refractivity contribution in [3.8, 4) is 0 Å². The quantitative estimate of drug-likeness (QED) is 0.722. The van der Waals surface area contributed by atoms with E-state index in [9.17, 15) is 9.00 Å². The predicted octanol–water partition coefficient (Wildman–Crippen LogP) is 0.814. The van der Waals surface area contributed by atoms with Crippen LogP contribution in [0.3, 0.4) is 0 Å². The number of ether oxygens (including phenoxy) is 1. The van der Waals surface area contributed by atoms with Gasteiger partial charge in [0, 0.05) is 0 Å². The van der Waals surface area contributed by atoms with Crippen LogP contribution in [-0.2, 0) is 14.7 Å². The summed E-state index contributed by atoms with van der Waals surface area (Å²) >= 11 is 1.06. The molecule has 13 heavy (non-hydrogen) atoms. The Balaban J connectivity index is 3.26. The molecule has 7 heteroatoms. The normalized spacial score (nSPS) is 14.9. The highest BCUT2D eigenvalue weighted by atomic mass is 32.2. The third-order valence-electron chi connectivity index (χ3n) is 1.33. The molecule has 1 heterocycles. The number of thiophene rings is 1. The van der Waals surface area contributed by atoms with Crippen molar-refractivity contribution in [2.75, 3.05) is 7.11 Å². The van der Waals surface area contributed by atoms with Gasteiger partial charge in [-0.2, -0.15) is 0 Å². The molecule has 0 amide bonds. The second-order valence-corrected chi connectivity index (χ2v) is 4.76. The summed E-state index contributed by atoms with van der Waals surface area (Å²) in [5, 5.41) is 6.63. The van der Waals surface area contributed by atoms with E-state index in [0.717, 1.165) is 11.3 Å². The summed E-state index contributed by atoms with van der Waals surface area (Å²) < 4.78 is 22.7. The maximum absolute atomic E-state index is 11.1. The molecule has 0 bridgehead atoms. The molecule has 3 N–H and O–H groups in total. The minimum Gasteiger partial charge on any atom is -0.465 e. The smallest absolute Gasteiger partial charge is 0.349 e. The Morgan fingerprint density at radius 1 is 1.77 bits per heavy atom. The molecule has 1 atom stereocenters. The first-order chi connectivity index (χ1) is 5.96. The molecule has 0 spiro atoms. The minimum absolute atomic E-state index is 0.0318. The zero-order valence-electron chi connectivity index (χ0n) is 6.77. The second-order valence-electron chi connectivity index (χ2n) is 2.21. The summed E-state index contributed by atoms with van der Waals surface area (Å²) in [5.41, 5.74) is 0. The van der Waals surface area contributed by atoms with Gasteiger partial charge in [-0.15, -0.1) is 11.3 Å². The summed E-state index contributed by atoms with van der Waals surface area (Å²) in [4.78, 5) is 11.2. The zero-order chi connectivity index (χ0) is 10.1. The van der Waals surface area contributed by atoms with Crippen molar-refractivity contribution in [1.82, 2.24) is 0 Å². The molecule has 1 aromatic rings. The lowest BCUT2D eigenvalue weighted by atomic mass is 10.5. The first-order valence-electron chi connectivity index (χ1n) is 3.19. The molecule has 1 aromatic heterocycles. The molecule has 0 aliphatic rings. The summed E-state index contributed by atoms with van der Waals surface area (Å²) in [6.45, 7) is 0. The van der Waals surface area contributed by atoms with Gasteiger partial charge in [0.2, 0.25) is 0 Å². The van der Waals surface area contributed by atoms with E-state index in [-0.39, 0.29) is 9.77 Å². The number of esters is 1. The van der Waals surface area contributed by atoms with Gasteiger partial charge in [0.1, 0.15) is 14.8 Å². The van der Waals surface area contributed by atoms with Crippen molar-refractivity contribution in [1.29, 1.82) is 4.78 Å². The van der Waals surface area contributed by atoms with Crippen LogP contribution in [0, 0.1) is 4.78 Å². The predicted molar refractivity (Wildman–Crippen MR) is 49.0 cm³/mol. The molecule has 5 nitrogen and oxygen atoms in total. The van der Waals surface area contributed by atoms with Crippen LogP contribution >= 0.6 is 11.3 Å². The van der Waals surface area contributed by atoms with Crippen molar-refractivity contribution in [3.63, 3.8) is 0 Å². The fraction of sp³-hybridized carbons (Fsp3) is 0.167. The topological polar surface area (TPSA) is 93.2 Å². The fourth-order valence-corrected chi connectivity index (χ4v) is 2.71. The standard InChI is InChI=1S/C6H8N2O3S2/c1-11-6(9)5-4(2-3-12-5)13(7,8)10/h2-3H,1H3,(H3,7,8,10). The van der Waals surface area contributed by atoms with Gasteiger partial charge in [-0.1, -0.05) is 0 Å². The van der Waals surface area contributed by atoms with E-state index < -0.39 is 15.9 Å². The van der Waals surface area contributed by atoms with E-state index in [2.05, 4.69) is 4.74 Å². The van der Waals surface area contributed by atoms with Gasteiger partial charge < -0.3 is 4.74 Å². The molecular formula is C6H8N2O3S2. The van der Waals surface area contributed by atoms with Gasteiger partial charge in [-0.05, 0) is 11.4 Å². The van der Waals surface area contributed by atoms with Crippen molar-refractivity contribution >= 4 is 27.2 Å². The molecule has 0 saturated heterocycles. The Hall–Kier alpha value is -0.920. The lowest BCUT2D eigenvalue weighted by Gasteiger charge is -2.00. The number of methoxy groups -OCH3 is 1. The van der Waals surface area contributed by atoms with E-state index in [1.54, 1.807) is 5.38 Å². The molecule has 0 radical (unpaired) electrons. The molecule has 0 aliphatic carbocycles. The number of nitrogens with one attached hydrogen (secondary N) is 1. The Labute approximate surface area is 79.6 Å². The van der Waals surface area contributed by atoms with Crippen LogP contribution in [-0.4, -0.2) is 17.3 Å². The molecule has 1 unspecified atom stereocenters. The van der Waals surface area contributed by atoms with Gasteiger partial charge in [-0.25, -0.2) is 18.9 Å². The maximum atomic E-state index is 11.1. The molecular weight excluding hydrogens is 212 g/mol. The van der Waals surface area contributed by atoms with E-state index in [1.807, 2.05) is 0 Å². The Morgan fingerprint density at radius 3 is 2.85 bits per heavy atom. The van der Waals surface area contributed by atoms with E-state index in [0.29, 0.717) is 0 Å². The lowest BCUT2D eigenvalue weighted by molar-refractivity contribution is 0.0602. The summed E-state index contributed by atoms with van der Waals surface area (Å²) in [6, 6.07) is 1.40. The number of hydrogen-bond acceptors (Lipinski definition) is 5. The first kappa shape index (κ1) is 10.2. The monoisotopic (exact) mass is 220 g/mol. The second kappa shape index (κ2) is 3.44. The van der Waals surface area contributed by atoms with Crippen LogP contribution in [0.25, 0.3) is 0 Å². The van der Waals surface area contributed by atoms with Crippen LogP contribution in [0.2, 0.25) is 0 Å². The highest BCUT2D eigenvalue weighted by Gasteiger charge is 2.18. The molecule has 0 fully saturated rings. The highest BCUT2D eigenvalue weighted by molar-refractivity contribution is 7.90. The number of carbonyl (C=O) groups is 1. The van der Waals surface area contributed by atoms with Crippen LogP contribution in [0.4, 0.5) is 0 Å².